The van der Waals surface area contributed by atoms with Crippen molar-refractivity contribution in [2.24, 2.45) is 7.05 Å². The number of thiophene rings is 1. The molecule has 0 fully saturated rings. The largest absolute Gasteiger partial charge is 0.354 e. The number of nitrogens with one attached hydrogen (secondary N) is 2. The number of amides is 1. The molecule has 7 heteroatoms. The fourth-order valence-corrected chi connectivity index (χ4v) is 2.61. The number of rotatable bonds is 6. The van der Waals surface area contributed by atoms with Crippen LogP contribution < -0.4 is 10.6 Å². The molecular weight excluding hydrogens is 296 g/mol. The number of nitrogens with zero attached hydrogens (tertiary/aromatic N) is 2. The Bertz CT molecular complexity index is 526. The van der Waals surface area contributed by atoms with Crippen LogP contribution in [0, 0.1) is 0 Å². The second-order valence-electron chi connectivity index (χ2n) is 4.34. The van der Waals surface area contributed by atoms with Crippen molar-refractivity contribution in [1.29, 1.82) is 0 Å². The average molecular weight is 315 g/mol. The summed E-state index contributed by atoms with van der Waals surface area (Å²) in [6.45, 7) is 0.647. The van der Waals surface area contributed by atoms with Crippen LogP contribution in [-0.2, 0) is 18.3 Å². The van der Waals surface area contributed by atoms with Gasteiger partial charge in [-0.15, -0.1) is 12.4 Å². The van der Waals surface area contributed by atoms with Gasteiger partial charge in [0.15, 0.2) is 0 Å². The highest BCUT2D eigenvalue weighted by Crippen LogP contribution is 2.11. The Morgan fingerprint density at radius 2 is 2.35 bits per heavy atom. The van der Waals surface area contributed by atoms with E-state index in [0.717, 1.165) is 12.0 Å². The minimum atomic E-state index is -0.351. The Morgan fingerprint density at radius 3 is 2.90 bits per heavy atom. The fourth-order valence-electron chi connectivity index (χ4n) is 1.91. The lowest BCUT2D eigenvalue weighted by Gasteiger charge is -2.14. The topological polar surface area (TPSA) is 59.0 Å². The van der Waals surface area contributed by atoms with Crippen molar-refractivity contribution in [2.45, 2.75) is 12.5 Å². The maximum absolute atomic E-state index is 12.1. The second-order valence-corrected chi connectivity index (χ2v) is 5.12. The third kappa shape index (κ3) is 4.33. The van der Waals surface area contributed by atoms with E-state index in [-0.39, 0.29) is 24.4 Å². The van der Waals surface area contributed by atoms with E-state index < -0.39 is 0 Å². The monoisotopic (exact) mass is 314 g/mol. The number of aromatic nitrogens is 2. The molecule has 0 aromatic carbocycles. The van der Waals surface area contributed by atoms with Gasteiger partial charge in [0, 0.05) is 25.4 Å². The van der Waals surface area contributed by atoms with Gasteiger partial charge in [-0.05, 0) is 35.9 Å². The standard InChI is InChI=1S/C13H18N4OS.ClH/c1-14-12(11-7-16-17(2)8-11)13(18)15-5-3-10-4-6-19-9-10;/h4,6-9,12,14H,3,5H2,1-2H3,(H,15,18);1H. The Labute approximate surface area is 128 Å². The quantitative estimate of drug-likeness (QED) is 0.850. The number of likely N-dealkylation sites (N-methyl/N-ethyl adjacent to an activating group) is 1. The number of hydrogen-bond donors (Lipinski definition) is 2. The van der Waals surface area contributed by atoms with Crippen molar-refractivity contribution in [2.75, 3.05) is 13.6 Å². The van der Waals surface area contributed by atoms with Crippen molar-refractivity contribution in [3.8, 4) is 0 Å². The highest BCUT2D eigenvalue weighted by Gasteiger charge is 2.19. The van der Waals surface area contributed by atoms with Gasteiger partial charge in [-0.2, -0.15) is 16.4 Å². The van der Waals surface area contributed by atoms with E-state index in [9.17, 15) is 4.79 Å². The summed E-state index contributed by atoms with van der Waals surface area (Å²) in [5.74, 6) is -0.0225. The molecule has 0 aliphatic heterocycles. The third-order valence-electron chi connectivity index (χ3n) is 2.90. The van der Waals surface area contributed by atoms with Crippen LogP contribution in [0.2, 0.25) is 0 Å². The Hall–Kier alpha value is -1.37. The van der Waals surface area contributed by atoms with Gasteiger partial charge in [0.1, 0.15) is 6.04 Å². The molecule has 1 amide bonds. The first kappa shape index (κ1) is 16.7. The molecule has 1 unspecified atom stereocenters. The zero-order valence-electron chi connectivity index (χ0n) is 11.5. The third-order valence-corrected chi connectivity index (χ3v) is 3.63. The van der Waals surface area contributed by atoms with Crippen molar-refractivity contribution in [3.05, 3.63) is 40.3 Å². The SMILES string of the molecule is CNC(C(=O)NCCc1ccsc1)c1cnn(C)c1.Cl. The van der Waals surface area contributed by atoms with Crippen LogP contribution in [-0.4, -0.2) is 29.3 Å². The van der Waals surface area contributed by atoms with Gasteiger partial charge >= 0.3 is 0 Å². The molecule has 0 aliphatic rings. The van der Waals surface area contributed by atoms with Gasteiger partial charge in [0.05, 0.1) is 6.20 Å². The summed E-state index contributed by atoms with van der Waals surface area (Å²) >= 11 is 1.67. The highest BCUT2D eigenvalue weighted by molar-refractivity contribution is 7.07. The molecule has 110 valence electrons. The molecule has 0 saturated carbocycles. The first-order valence-electron chi connectivity index (χ1n) is 6.15. The van der Waals surface area contributed by atoms with Gasteiger partial charge in [-0.1, -0.05) is 0 Å². The Morgan fingerprint density at radius 1 is 1.55 bits per heavy atom. The molecule has 20 heavy (non-hydrogen) atoms. The maximum atomic E-state index is 12.1. The normalized spacial score (nSPS) is 11.7. The summed E-state index contributed by atoms with van der Waals surface area (Å²) in [6, 6.07) is 1.73. The van der Waals surface area contributed by atoms with Gasteiger partial charge in [0.2, 0.25) is 5.91 Å². The molecule has 2 rings (SSSR count). The number of carbonyl (C=O) groups is 1. The molecular formula is C13H19ClN4OS. The zero-order valence-corrected chi connectivity index (χ0v) is 13.1. The lowest BCUT2D eigenvalue weighted by Crippen LogP contribution is -2.36. The van der Waals surface area contributed by atoms with Gasteiger partial charge < -0.3 is 10.6 Å². The highest BCUT2D eigenvalue weighted by atomic mass is 35.5. The van der Waals surface area contributed by atoms with E-state index >= 15 is 0 Å². The molecule has 2 N–H and O–H groups in total. The van der Waals surface area contributed by atoms with Crippen molar-refractivity contribution >= 4 is 29.7 Å². The van der Waals surface area contributed by atoms with Crippen LogP contribution in [0.3, 0.4) is 0 Å². The van der Waals surface area contributed by atoms with Crippen LogP contribution in [0.25, 0.3) is 0 Å². The van der Waals surface area contributed by atoms with E-state index in [1.165, 1.54) is 5.56 Å². The van der Waals surface area contributed by atoms with Crippen LogP contribution in [0.1, 0.15) is 17.2 Å². The molecule has 0 spiro atoms. The van der Waals surface area contributed by atoms with Gasteiger partial charge in [0.25, 0.3) is 0 Å². The van der Waals surface area contributed by atoms with Crippen LogP contribution >= 0.6 is 23.7 Å². The van der Waals surface area contributed by atoms with Crippen molar-refractivity contribution in [3.63, 3.8) is 0 Å². The predicted octanol–water partition coefficient (Wildman–Crippen LogP) is 1.52. The average Bonchev–Trinajstić information content (AvgIpc) is 3.02. The molecule has 0 aliphatic carbocycles. The number of hydrogen-bond acceptors (Lipinski definition) is 4. The first-order valence-corrected chi connectivity index (χ1v) is 7.09. The summed E-state index contributed by atoms with van der Waals surface area (Å²) in [5, 5.41) is 14.2. The van der Waals surface area contributed by atoms with Gasteiger partial charge in [-0.25, -0.2) is 0 Å². The molecule has 0 radical (unpaired) electrons. The van der Waals surface area contributed by atoms with Crippen LogP contribution in [0.5, 0.6) is 0 Å². The minimum Gasteiger partial charge on any atom is -0.354 e. The molecule has 2 heterocycles. The van der Waals surface area contributed by atoms with E-state index in [4.69, 9.17) is 0 Å². The van der Waals surface area contributed by atoms with E-state index in [2.05, 4.69) is 27.2 Å². The number of carbonyl (C=O) groups excluding carboxylic acids is 1. The molecule has 2 aromatic rings. The van der Waals surface area contributed by atoms with E-state index in [0.29, 0.717) is 6.54 Å². The zero-order chi connectivity index (χ0) is 13.7. The molecule has 1 atom stereocenters. The summed E-state index contributed by atoms with van der Waals surface area (Å²) < 4.78 is 1.69. The van der Waals surface area contributed by atoms with Crippen molar-refractivity contribution in [1.82, 2.24) is 20.4 Å². The van der Waals surface area contributed by atoms with Gasteiger partial charge in [-0.3, -0.25) is 9.48 Å². The maximum Gasteiger partial charge on any atom is 0.241 e. The molecule has 5 nitrogen and oxygen atoms in total. The lowest BCUT2D eigenvalue weighted by atomic mass is 10.1. The minimum absolute atomic E-state index is 0. The van der Waals surface area contributed by atoms with Crippen LogP contribution in [0.15, 0.2) is 29.2 Å². The first-order chi connectivity index (χ1) is 9.20. The molecule has 2 aromatic heterocycles. The van der Waals surface area contributed by atoms with E-state index in [1.54, 1.807) is 29.3 Å². The smallest absolute Gasteiger partial charge is 0.241 e. The summed E-state index contributed by atoms with van der Waals surface area (Å²) in [5.41, 5.74) is 2.13. The van der Waals surface area contributed by atoms with Crippen molar-refractivity contribution < 1.29 is 4.79 Å². The Balaban J connectivity index is 0.00000200. The number of halogens is 1. The predicted molar refractivity (Wildman–Crippen MR) is 83.3 cm³/mol. The van der Waals surface area contributed by atoms with E-state index in [1.807, 2.05) is 18.6 Å². The van der Waals surface area contributed by atoms with Crippen LogP contribution in [0.4, 0.5) is 0 Å². The summed E-state index contributed by atoms with van der Waals surface area (Å²) in [6.07, 6.45) is 4.41. The summed E-state index contributed by atoms with van der Waals surface area (Å²) in [7, 11) is 3.61. The molecule has 0 saturated heterocycles. The second kappa shape index (κ2) is 8.04. The lowest BCUT2D eigenvalue weighted by molar-refractivity contribution is -0.123. The Kier molecular flexibility index (Phi) is 6.70. The molecule has 0 bridgehead atoms. The summed E-state index contributed by atoms with van der Waals surface area (Å²) in [4.78, 5) is 12.1. The fraction of sp³-hybridized carbons (Fsp3) is 0.385. The number of aryl methyl sites for hydroxylation is 1.